The number of carbonyl (C=O) groups excluding carboxylic acids is 1. The molecule has 2 N–H and O–H groups in total. The molecule has 4 nitrogen and oxygen atoms in total. The molecule has 112 valence electrons. The first-order valence-electron chi connectivity index (χ1n) is 7.29. The molecule has 1 unspecified atom stereocenters. The van der Waals surface area contributed by atoms with Gasteiger partial charge in [-0.15, -0.1) is 0 Å². The van der Waals surface area contributed by atoms with Crippen molar-refractivity contribution >= 4 is 11.6 Å². The normalized spacial score (nSPS) is 17.7. The van der Waals surface area contributed by atoms with Gasteiger partial charge in [-0.1, -0.05) is 17.9 Å². The van der Waals surface area contributed by atoms with E-state index in [9.17, 15) is 4.79 Å². The fourth-order valence-electron chi connectivity index (χ4n) is 2.24. The highest BCUT2D eigenvalue weighted by atomic mass is 16.5. The van der Waals surface area contributed by atoms with Gasteiger partial charge in [0.25, 0.3) is 0 Å². The predicted octanol–water partition coefficient (Wildman–Crippen LogP) is 2.09. The quantitative estimate of drug-likeness (QED) is 0.837. The van der Waals surface area contributed by atoms with Crippen LogP contribution in [0.1, 0.15) is 30.4 Å². The molecule has 1 saturated heterocycles. The molecule has 0 aliphatic carbocycles. The molecule has 0 radical (unpaired) electrons. The fraction of sp³-hybridized carbons (Fsp3) is 0.471. The molecule has 0 saturated carbocycles. The first-order valence-corrected chi connectivity index (χ1v) is 7.29. The van der Waals surface area contributed by atoms with Crippen LogP contribution in [0.2, 0.25) is 0 Å². The van der Waals surface area contributed by atoms with Gasteiger partial charge >= 0.3 is 0 Å². The molecule has 1 aromatic carbocycles. The molecular formula is C17H21NO3. The number of aliphatic hydroxyl groups excluding tert-OH is 1. The third-order valence-corrected chi connectivity index (χ3v) is 3.50. The Labute approximate surface area is 125 Å². The summed E-state index contributed by atoms with van der Waals surface area (Å²) in [6, 6.07) is 5.73. The number of ether oxygens (including phenoxy) is 1. The van der Waals surface area contributed by atoms with Gasteiger partial charge in [-0.2, -0.15) is 0 Å². The molecule has 1 aromatic rings. The Kier molecular flexibility index (Phi) is 5.79. The second-order valence-electron chi connectivity index (χ2n) is 5.21. The summed E-state index contributed by atoms with van der Waals surface area (Å²) in [5.74, 6) is 5.81. The van der Waals surface area contributed by atoms with Gasteiger partial charge < -0.3 is 15.2 Å². The first kappa shape index (κ1) is 15.6. The molecule has 1 amide bonds. The number of aliphatic hydroxyl groups is 1. The highest BCUT2D eigenvalue weighted by Gasteiger charge is 2.22. The van der Waals surface area contributed by atoms with E-state index in [-0.39, 0.29) is 18.4 Å². The molecule has 1 aliphatic rings. The van der Waals surface area contributed by atoms with E-state index in [4.69, 9.17) is 9.84 Å². The molecule has 0 spiro atoms. The summed E-state index contributed by atoms with van der Waals surface area (Å²) in [7, 11) is 0. The lowest BCUT2D eigenvalue weighted by molar-refractivity contribution is -0.123. The Morgan fingerprint density at radius 1 is 1.52 bits per heavy atom. The van der Waals surface area contributed by atoms with Crippen LogP contribution in [0.4, 0.5) is 5.69 Å². The topological polar surface area (TPSA) is 58.6 Å². The van der Waals surface area contributed by atoms with E-state index in [1.54, 1.807) is 0 Å². The van der Waals surface area contributed by atoms with Crippen molar-refractivity contribution in [2.45, 2.75) is 26.2 Å². The maximum atomic E-state index is 12.2. The highest BCUT2D eigenvalue weighted by molar-refractivity contribution is 5.93. The van der Waals surface area contributed by atoms with E-state index in [2.05, 4.69) is 17.2 Å². The zero-order valence-corrected chi connectivity index (χ0v) is 12.3. The second-order valence-corrected chi connectivity index (χ2v) is 5.21. The summed E-state index contributed by atoms with van der Waals surface area (Å²) in [6.07, 6.45) is 2.26. The van der Waals surface area contributed by atoms with Gasteiger partial charge in [-0.25, -0.2) is 0 Å². The van der Waals surface area contributed by atoms with E-state index >= 15 is 0 Å². The molecule has 1 heterocycles. The molecule has 4 heteroatoms. The summed E-state index contributed by atoms with van der Waals surface area (Å²) in [6.45, 7) is 3.27. The molecule has 1 aliphatic heterocycles. The standard InChI is InChI=1S/C17H21NO3/c1-13-7-8-14(5-2-3-9-19)11-16(13)18-17(20)15-6-4-10-21-12-15/h7-8,11,15,19H,3-4,6,9-10,12H2,1H3,(H,18,20). The second kappa shape index (κ2) is 7.82. The maximum Gasteiger partial charge on any atom is 0.229 e. The third kappa shape index (κ3) is 4.59. The number of rotatable bonds is 3. The number of anilines is 1. The minimum atomic E-state index is -0.0673. The molecule has 2 rings (SSSR count). The Morgan fingerprint density at radius 2 is 2.38 bits per heavy atom. The lowest BCUT2D eigenvalue weighted by Crippen LogP contribution is -2.30. The van der Waals surface area contributed by atoms with Crippen LogP contribution in [-0.2, 0) is 9.53 Å². The van der Waals surface area contributed by atoms with Gasteiger partial charge in [0.05, 0.1) is 19.1 Å². The number of aryl methyl sites for hydroxylation is 1. The van der Waals surface area contributed by atoms with Crippen molar-refractivity contribution in [2.24, 2.45) is 5.92 Å². The van der Waals surface area contributed by atoms with E-state index in [1.807, 2.05) is 25.1 Å². The van der Waals surface area contributed by atoms with Gasteiger partial charge in [0, 0.05) is 24.3 Å². The molecule has 1 fully saturated rings. The molecule has 0 bridgehead atoms. The Balaban J connectivity index is 2.06. The molecule has 21 heavy (non-hydrogen) atoms. The van der Waals surface area contributed by atoms with E-state index < -0.39 is 0 Å². The molecular weight excluding hydrogens is 266 g/mol. The fourth-order valence-corrected chi connectivity index (χ4v) is 2.24. The average molecular weight is 287 g/mol. The average Bonchev–Trinajstić information content (AvgIpc) is 2.51. The van der Waals surface area contributed by atoms with Crippen molar-refractivity contribution < 1.29 is 14.6 Å². The summed E-state index contributed by atoms with van der Waals surface area (Å²) < 4.78 is 5.35. The van der Waals surface area contributed by atoms with Gasteiger partial charge in [0.1, 0.15) is 0 Å². The molecule has 0 aromatic heterocycles. The minimum absolute atomic E-state index is 0.0123. The zero-order valence-electron chi connectivity index (χ0n) is 12.3. The SMILES string of the molecule is Cc1ccc(C#CCCO)cc1NC(=O)C1CCCOC1. The summed E-state index contributed by atoms with van der Waals surface area (Å²) >= 11 is 0. The molecule has 1 atom stereocenters. The summed E-state index contributed by atoms with van der Waals surface area (Å²) in [5, 5.41) is 11.7. The monoisotopic (exact) mass is 287 g/mol. The van der Waals surface area contributed by atoms with Gasteiger partial charge in [0.15, 0.2) is 0 Å². The van der Waals surface area contributed by atoms with Gasteiger partial charge in [0.2, 0.25) is 5.91 Å². The Morgan fingerprint density at radius 3 is 3.10 bits per heavy atom. The maximum absolute atomic E-state index is 12.2. The largest absolute Gasteiger partial charge is 0.395 e. The van der Waals surface area contributed by atoms with Crippen LogP contribution >= 0.6 is 0 Å². The summed E-state index contributed by atoms with van der Waals surface area (Å²) in [4.78, 5) is 12.2. The van der Waals surface area contributed by atoms with Crippen LogP contribution in [0, 0.1) is 24.7 Å². The van der Waals surface area contributed by atoms with Crippen molar-refractivity contribution in [2.75, 3.05) is 25.1 Å². The number of amides is 1. The number of benzene rings is 1. The Bertz CT molecular complexity index is 551. The number of nitrogens with one attached hydrogen (secondary N) is 1. The lowest BCUT2D eigenvalue weighted by atomic mass is 10.0. The van der Waals surface area contributed by atoms with Gasteiger partial charge in [-0.3, -0.25) is 4.79 Å². The van der Waals surface area contributed by atoms with Crippen LogP contribution < -0.4 is 5.32 Å². The number of hydrogen-bond donors (Lipinski definition) is 2. The van der Waals surface area contributed by atoms with E-state index in [1.165, 1.54) is 0 Å². The van der Waals surface area contributed by atoms with Crippen molar-refractivity contribution in [3.05, 3.63) is 29.3 Å². The minimum Gasteiger partial charge on any atom is -0.395 e. The van der Waals surface area contributed by atoms with Crippen LogP contribution in [-0.4, -0.2) is 30.8 Å². The van der Waals surface area contributed by atoms with Crippen LogP contribution in [0.3, 0.4) is 0 Å². The first-order chi connectivity index (χ1) is 10.2. The van der Waals surface area contributed by atoms with Crippen molar-refractivity contribution in [1.82, 2.24) is 0 Å². The smallest absolute Gasteiger partial charge is 0.229 e. The van der Waals surface area contributed by atoms with Crippen molar-refractivity contribution in [3.8, 4) is 11.8 Å². The van der Waals surface area contributed by atoms with Crippen molar-refractivity contribution in [3.63, 3.8) is 0 Å². The van der Waals surface area contributed by atoms with Gasteiger partial charge in [-0.05, 0) is 37.5 Å². The van der Waals surface area contributed by atoms with E-state index in [0.29, 0.717) is 13.0 Å². The lowest BCUT2D eigenvalue weighted by Gasteiger charge is -2.21. The van der Waals surface area contributed by atoms with Crippen LogP contribution in [0.25, 0.3) is 0 Å². The predicted molar refractivity (Wildman–Crippen MR) is 81.9 cm³/mol. The third-order valence-electron chi connectivity index (χ3n) is 3.50. The number of hydrogen-bond acceptors (Lipinski definition) is 3. The van der Waals surface area contributed by atoms with E-state index in [0.717, 1.165) is 36.3 Å². The van der Waals surface area contributed by atoms with Crippen LogP contribution in [0.15, 0.2) is 18.2 Å². The van der Waals surface area contributed by atoms with Crippen LogP contribution in [0.5, 0.6) is 0 Å². The number of carbonyl (C=O) groups is 1. The van der Waals surface area contributed by atoms with Crippen molar-refractivity contribution in [1.29, 1.82) is 0 Å². The zero-order chi connectivity index (χ0) is 15.1. The summed E-state index contributed by atoms with van der Waals surface area (Å²) in [5.41, 5.74) is 2.64. The Hall–Kier alpha value is -1.83. The highest BCUT2D eigenvalue weighted by Crippen LogP contribution is 2.20.